The maximum absolute atomic E-state index is 13.5. The lowest BCUT2D eigenvalue weighted by molar-refractivity contribution is 0.102. The quantitative estimate of drug-likeness (QED) is 0.454. The molecule has 0 heterocycles. The Morgan fingerprint density at radius 3 is 2.81 bits per heavy atom. The van der Waals surface area contributed by atoms with Gasteiger partial charge in [-0.15, -0.1) is 0 Å². The zero-order valence-electron chi connectivity index (χ0n) is 9.13. The topological polar surface area (TPSA) is 26.3 Å². The summed E-state index contributed by atoms with van der Waals surface area (Å²) in [5, 5.41) is 0.197. The van der Waals surface area contributed by atoms with Gasteiger partial charge >= 0.3 is 0 Å². The molecule has 4 heteroatoms. The van der Waals surface area contributed by atoms with E-state index in [1.54, 1.807) is 6.07 Å². The Morgan fingerprint density at radius 1 is 1.50 bits per heavy atom. The largest absolute Gasteiger partial charge is 0.491 e. The smallest absolute Gasteiger partial charge is 0.173 e. The molecule has 2 nitrogen and oxygen atoms in total. The maximum Gasteiger partial charge on any atom is 0.173 e. The van der Waals surface area contributed by atoms with E-state index < -0.39 is 5.82 Å². The number of halogens is 2. The number of Topliss-reactive ketones (excluding diaryl/α,β-unsaturated/α-hetero) is 1. The molecule has 0 N–H and O–H groups in total. The van der Waals surface area contributed by atoms with Crippen molar-refractivity contribution in [2.45, 2.75) is 19.8 Å². The normalized spacial score (nSPS) is 10.2. The highest BCUT2D eigenvalue weighted by Crippen LogP contribution is 2.19. The van der Waals surface area contributed by atoms with Crippen molar-refractivity contribution >= 4 is 21.7 Å². The third-order valence-corrected chi connectivity index (χ3v) is 2.64. The van der Waals surface area contributed by atoms with E-state index in [1.807, 2.05) is 6.92 Å². The monoisotopic (exact) mass is 288 g/mol. The molecule has 1 aromatic rings. The van der Waals surface area contributed by atoms with E-state index >= 15 is 0 Å². The van der Waals surface area contributed by atoms with E-state index in [9.17, 15) is 9.18 Å². The standard InChI is InChI=1S/C12H14BrFO2/c1-2-3-6-16-12-5-4-9(7-10(12)14)11(15)8-13/h4-5,7H,2-3,6,8H2,1H3. The number of benzene rings is 1. The van der Waals surface area contributed by atoms with Crippen molar-refractivity contribution in [2.75, 3.05) is 11.9 Å². The van der Waals surface area contributed by atoms with Crippen molar-refractivity contribution in [2.24, 2.45) is 0 Å². The van der Waals surface area contributed by atoms with Gasteiger partial charge in [-0.1, -0.05) is 29.3 Å². The maximum atomic E-state index is 13.5. The molecule has 0 aliphatic rings. The van der Waals surface area contributed by atoms with Crippen molar-refractivity contribution in [3.8, 4) is 5.75 Å². The predicted octanol–water partition coefficient (Wildman–Crippen LogP) is 3.58. The molecule has 0 spiro atoms. The first kappa shape index (κ1) is 13.2. The lowest BCUT2D eigenvalue weighted by atomic mass is 10.1. The molecule has 0 bridgehead atoms. The SMILES string of the molecule is CCCCOc1ccc(C(=O)CBr)cc1F. The lowest BCUT2D eigenvalue weighted by Gasteiger charge is -2.07. The number of hydrogen-bond acceptors (Lipinski definition) is 2. The predicted molar refractivity (Wildman–Crippen MR) is 64.9 cm³/mol. The van der Waals surface area contributed by atoms with Crippen LogP contribution in [0, 0.1) is 5.82 Å². The third kappa shape index (κ3) is 3.59. The molecule has 0 saturated heterocycles. The van der Waals surface area contributed by atoms with Crippen molar-refractivity contribution in [3.05, 3.63) is 29.6 Å². The fourth-order valence-corrected chi connectivity index (χ4v) is 1.52. The van der Waals surface area contributed by atoms with Gasteiger partial charge in [0.25, 0.3) is 0 Å². The highest BCUT2D eigenvalue weighted by atomic mass is 79.9. The van der Waals surface area contributed by atoms with Crippen LogP contribution in [0.15, 0.2) is 18.2 Å². The van der Waals surface area contributed by atoms with E-state index in [1.165, 1.54) is 12.1 Å². The Kier molecular flexibility index (Phi) is 5.46. The minimum absolute atomic E-state index is 0.140. The minimum Gasteiger partial charge on any atom is -0.491 e. The second-order valence-corrected chi connectivity index (χ2v) is 3.96. The Labute approximate surface area is 103 Å². The van der Waals surface area contributed by atoms with Crippen LogP contribution in [-0.2, 0) is 0 Å². The summed E-state index contributed by atoms with van der Waals surface area (Å²) >= 11 is 3.04. The molecule has 0 atom stereocenters. The molecule has 0 fully saturated rings. The van der Waals surface area contributed by atoms with E-state index in [4.69, 9.17) is 4.74 Å². The number of carbonyl (C=O) groups excluding carboxylic acids is 1. The molecule has 0 saturated carbocycles. The molecule has 0 unspecified atom stereocenters. The molecular formula is C12H14BrFO2. The van der Waals surface area contributed by atoms with Crippen molar-refractivity contribution in [1.29, 1.82) is 0 Å². The molecule has 16 heavy (non-hydrogen) atoms. The number of ketones is 1. The fraction of sp³-hybridized carbons (Fsp3) is 0.417. The van der Waals surface area contributed by atoms with Gasteiger partial charge in [0.15, 0.2) is 17.3 Å². The Bertz CT molecular complexity index is 366. The van der Waals surface area contributed by atoms with E-state index in [-0.39, 0.29) is 16.9 Å². The minimum atomic E-state index is -0.483. The van der Waals surface area contributed by atoms with Gasteiger partial charge in [0.2, 0.25) is 0 Å². The van der Waals surface area contributed by atoms with Crippen LogP contribution in [-0.4, -0.2) is 17.7 Å². The van der Waals surface area contributed by atoms with Crippen LogP contribution in [0.2, 0.25) is 0 Å². The third-order valence-electron chi connectivity index (χ3n) is 2.13. The number of unbranched alkanes of at least 4 members (excludes halogenated alkanes) is 1. The van der Waals surface area contributed by atoms with Gasteiger partial charge in [-0.25, -0.2) is 4.39 Å². The second-order valence-electron chi connectivity index (χ2n) is 3.40. The number of carbonyl (C=O) groups is 1. The number of alkyl halides is 1. The molecule has 0 aromatic heterocycles. The van der Waals surface area contributed by atoms with Gasteiger partial charge in [-0.05, 0) is 24.6 Å². The second kappa shape index (κ2) is 6.63. The molecule has 1 rings (SSSR count). The van der Waals surface area contributed by atoms with Crippen LogP contribution >= 0.6 is 15.9 Å². The zero-order valence-corrected chi connectivity index (χ0v) is 10.7. The van der Waals surface area contributed by atoms with Crippen LogP contribution < -0.4 is 4.74 Å². The average molecular weight is 289 g/mol. The van der Waals surface area contributed by atoms with Crippen LogP contribution in [0.5, 0.6) is 5.75 Å². The molecule has 0 radical (unpaired) electrons. The Balaban J connectivity index is 2.71. The summed E-state index contributed by atoms with van der Waals surface area (Å²) in [4.78, 5) is 11.3. The van der Waals surface area contributed by atoms with Gasteiger partial charge in [-0.2, -0.15) is 0 Å². The molecule has 88 valence electrons. The van der Waals surface area contributed by atoms with Gasteiger partial charge < -0.3 is 4.74 Å². The average Bonchev–Trinajstić information content (AvgIpc) is 2.30. The van der Waals surface area contributed by atoms with Crippen LogP contribution in [0.3, 0.4) is 0 Å². The highest BCUT2D eigenvalue weighted by Gasteiger charge is 2.09. The van der Waals surface area contributed by atoms with E-state index in [2.05, 4.69) is 15.9 Å². The van der Waals surface area contributed by atoms with E-state index in [0.29, 0.717) is 12.2 Å². The van der Waals surface area contributed by atoms with Crippen LogP contribution in [0.4, 0.5) is 4.39 Å². The Morgan fingerprint density at radius 2 is 2.25 bits per heavy atom. The van der Waals surface area contributed by atoms with Gasteiger partial charge in [0.05, 0.1) is 11.9 Å². The first-order chi connectivity index (χ1) is 7.69. The first-order valence-electron chi connectivity index (χ1n) is 5.20. The summed E-state index contributed by atoms with van der Waals surface area (Å²) in [6, 6.07) is 4.29. The molecule has 0 aliphatic heterocycles. The summed E-state index contributed by atoms with van der Waals surface area (Å²) in [5.41, 5.74) is 0.359. The molecule has 0 aliphatic carbocycles. The fourth-order valence-electron chi connectivity index (χ4n) is 1.19. The zero-order chi connectivity index (χ0) is 12.0. The van der Waals surface area contributed by atoms with Gasteiger partial charge in [-0.3, -0.25) is 4.79 Å². The van der Waals surface area contributed by atoms with Gasteiger partial charge in [0, 0.05) is 5.56 Å². The van der Waals surface area contributed by atoms with Crippen LogP contribution in [0.1, 0.15) is 30.1 Å². The summed E-state index contributed by atoms with van der Waals surface area (Å²) in [6.45, 7) is 2.54. The Hall–Kier alpha value is -0.900. The molecular weight excluding hydrogens is 275 g/mol. The van der Waals surface area contributed by atoms with Crippen molar-refractivity contribution in [3.63, 3.8) is 0 Å². The summed E-state index contributed by atoms with van der Waals surface area (Å²) in [7, 11) is 0. The van der Waals surface area contributed by atoms with Gasteiger partial charge in [0.1, 0.15) is 0 Å². The lowest BCUT2D eigenvalue weighted by Crippen LogP contribution is -2.03. The van der Waals surface area contributed by atoms with Crippen LogP contribution in [0.25, 0.3) is 0 Å². The summed E-state index contributed by atoms with van der Waals surface area (Å²) in [5.74, 6) is -0.415. The molecule has 0 amide bonds. The summed E-state index contributed by atoms with van der Waals surface area (Å²) in [6.07, 6.45) is 1.89. The van der Waals surface area contributed by atoms with Crippen molar-refractivity contribution < 1.29 is 13.9 Å². The summed E-state index contributed by atoms with van der Waals surface area (Å²) < 4.78 is 18.7. The number of rotatable bonds is 6. The first-order valence-corrected chi connectivity index (χ1v) is 6.32. The number of hydrogen-bond donors (Lipinski definition) is 0. The van der Waals surface area contributed by atoms with E-state index in [0.717, 1.165) is 12.8 Å². The van der Waals surface area contributed by atoms with Crippen molar-refractivity contribution in [1.82, 2.24) is 0 Å². The number of ether oxygens (including phenoxy) is 1. The molecule has 1 aromatic carbocycles. The highest BCUT2D eigenvalue weighted by molar-refractivity contribution is 9.09.